The molecule has 2 fully saturated rings. The number of carbonyl (C=O) groups is 1. The molecule has 24 heavy (non-hydrogen) atoms. The van der Waals surface area contributed by atoms with E-state index in [1.165, 1.54) is 12.1 Å². The third kappa shape index (κ3) is 3.29. The number of benzene rings is 1. The summed E-state index contributed by atoms with van der Waals surface area (Å²) in [6.45, 7) is 4.40. The number of nitriles is 1. The lowest BCUT2D eigenvalue weighted by Gasteiger charge is -2.35. The molecule has 2 aliphatic heterocycles. The highest BCUT2D eigenvalue weighted by Crippen LogP contribution is 2.31. The second-order valence-electron chi connectivity index (χ2n) is 6.74. The molecular formula is C19H24FN3O. The number of likely N-dealkylation sites (tertiary alicyclic amines) is 2. The Labute approximate surface area is 142 Å². The Morgan fingerprint density at radius 1 is 1.29 bits per heavy atom. The summed E-state index contributed by atoms with van der Waals surface area (Å²) in [4.78, 5) is 16.6. The number of halogens is 1. The van der Waals surface area contributed by atoms with Crippen molar-refractivity contribution in [1.82, 2.24) is 9.80 Å². The van der Waals surface area contributed by atoms with Gasteiger partial charge in [-0.05, 0) is 49.9 Å². The van der Waals surface area contributed by atoms with E-state index in [9.17, 15) is 14.4 Å². The molecule has 5 heteroatoms. The van der Waals surface area contributed by atoms with Gasteiger partial charge in [-0.2, -0.15) is 5.26 Å². The van der Waals surface area contributed by atoms with Gasteiger partial charge in [-0.25, -0.2) is 4.39 Å². The Bertz CT molecular complexity index is 655. The van der Waals surface area contributed by atoms with Gasteiger partial charge in [0.1, 0.15) is 5.82 Å². The molecule has 2 saturated heterocycles. The number of hydrogen-bond acceptors (Lipinski definition) is 3. The zero-order valence-electron chi connectivity index (χ0n) is 14.2. The van der Waals surface area contributed by atoms with Crippen molar-refractivity contribution in [3.05, 3.63) is 35.1 Å². The Morgan fingerprint density at radius 3 is 2.79 bits per heavy atom. The lowest BCUT2D eigenvalue weighted by Crippen LogP contribution is -2.47. The maximum absolute atomic E-state index is 13.3. The van der Waals surface area contributed by atoms with Crippen LogP contribution in [0.25, 0.3) is 0 Å². The predicted molar refractivity (Wildman–Crippen MR) is 89.6 cm³/mol. The van der Waals surface area contributed by atoms with Crippen LogP contribution in [0.2, 0.25) is 0 Å². The van der Waals surface area contributed by atoms with E-state index in [1.54, 1.807) is 6.07 Å². The maximum Gasteiger partial charge on any atom is 0.222 e. The van der Waals surface area contributed by atoms with Crippen molar-refractivity contribution in [1.29, 1.82) is 5.26 Å². The number of nitrogens with zero attached hydrogens (tertiary/aromatic N) is 3. The van der Waals surface area contributed by atoms with E-state index in [4.69, 9.17) is 0 Å². The van der Waals surface area contributed by atoms with E-state index in [0.717, 1.165) is 44.3 Å². The van der Waals surface area contributed by atoms with Gasteiger partial charge < -0.3 is 4.90 Å². The highest BCUT2D eigenvalue weighted by atomic mass is 19.1. The molecule has 2 heterocycles. The minimum absolute atomic E-state index is 0.240. The third-order valence-corrected chi connectivity index (χ3v) is 5.35. The lowest BCUT2D eigenvalue weighted by molar-refractivity contribution is -0.132. The molecule has 4 nitrogen and oxygen atoms in total. The monoisotopic (exact) mass is 329 g/mol. The third-order valence-electron chi connectivity index (χ3n) is 5.35. The number of amides is 1. The molecular weight excluding hydrogens is 305 g/mol. The number of hydrogen-bond donors (Lipinski definition) is 0. The van der Waals surface area contributed by atoms with Crippen molar-refractivity contribution in [3.8, 4) is 6.07 Å². The second-order valence-corrected chi connectivity index (χ2v) is 6.74. The molecule has 0 aromatic heterocycles. The minimum Gasteiger partial charge on any atom is -0.338 e. The average Bonchev–Trinajstić information content (AvgIpc) is 3.24. The predicted octanol–water partition coefficient (Wildman–Crippen LogP) is 3.06. The minimum atomic E-state index is -0.371. The van der Waals surface area contributed by atoms with Gasteiger partial charge in [0.2, 0.25) is 5.91 Å². The van der Waals surface area contributed by atoms with Crippen LogP contribution in [0.4, 0.5) is 4.39 Å². The van der Waals surface area contributed by atoms with Crippen LogP contribution in [0.1, 0.15) is 50.2 Å². The largest absolute Gasteiger partial charge is 0.338 e. The second kappa shape index (κ2) is 7.31. The standard InChI is InChI=1S/C19H24FN3O/c1-2-19(24)23-10-4-6-18(23)17-5-3-9-22(17)13-14-7-8-16(20)11-15(14)12-21/h7-8,11,17-18H,2-6,9-10,13H2,1H3. The summed E-state index contributed by atoms with van der Waals surface area (Å²) in [6, 6.07) is 7.17. The fourth-order valence-electron chi connectivity index (χ4n) is 4.20. The van der Waals surface area contributed by atoms with Gasteiger partial charge in [-0.3, -0.25) is 9.69 Å². The molecule has 0 aliphatic carbocycles. The first-order valence-corrected chi connectivity index (χ1v) is 8.86. The van der Waals surface area contributed by atoms with Crippen molar-refractivity contribution in [2.24, 2.45) is 0 Å². The molecule has 1 aromatic rings. The molecule has 2 atom stereocenters. The zero-order chi connectivity index (χ0) is 17.1. The molecule has 0 N–H and O–H groups in total. The molecule has 1 amide bonds. The van der Waals surface area contributed by atoms with E-state index in [2.05, 4.69) is 15.9 Å². The van der Waals surface area contributed by atoms with Gasteiger partial charge in [-0.15, -0.1) is 0 Å². The Balaban J connectivity index is 1.77. The normalized spacial score (nSPS) is 24.3. The maximum atomic E-state index is 13.3. The fraction of sp³-hybridized carbons (Fsp3) is 0.579. The quantitative estimate of drug-likeness (QED) is 0.853. The van der Waals surface area contributed by atoms with Gasteiger partial charge in [0.15, 0.2) is 0 Å². The van der Waals surface area contributed by atoms with Crippen LogP contribution in [-0.2, 0) is 11.3 Å². The summed E-state index contributed by atoms with van der Waals surface area (Å²) < 4.78 is 13.3. The van der Waals surface area contributed by atoms with E-state index in [1.807, 2.05) is 6.92 Å². The smallest absolute Gasteiger partial charge is 0.222 e. The van der Waals surface area contributed by atoms with Crippen LogP contribution >= 0.6 is 0 Å². The average molecular weight is 329 g/mol. The summed E-state index contributed by atoms with van der Waals surface area (Å²) in [5.74, 6) is -0.132. The summed E-state index contributed by atoms with van der Waals surface area (Å²) >= 11 is 0. The molecule has 1 aromatic carbocycles. The van der Waals surface area contributed by atoms with Crippen LogP contribution < -0.4 is 0 Å². The molecule has 0 spiro atoms. The topological polar surface area (TPSA) is 47.3 Å². The van der Waals surface area contributed by atoms with Crippen LogP contribution in [0.15, 0.2) is 18.2 Å². The highest BCUT2D eigenvalue weighted by Gasteiger charge is 2.39. The van der Waals surface area contributed by atoms with Gasteiger partial charge in [0, 0.05) is 31.6 Å². The molecule has 2 aliphatic rings. The van der Waals surface area contributed by atoms with E-state index >= 15 is 0 Å². The molecule has 2 unspecified atom stereocenters. The Kier molecular flexibility index (Phi) is 5.15. The molecule has 0 bridgehead atoms. The van der Waals surface area contributed by atoms with Crippen LogP contribution in [-0.4, -0.2) is 40.9 Å². The van der Waals surface area contributed by atoms with Gasteiger partial charge >= 0.3 is 0 Å². The number of rotatable bonds is 4. The van der Waals surface area contributed by atoms with Crippen LogP contribution in [0, 0.1) is 17.1 Å². The first-order chi connectivity index (χ1) is 11.6. The van der Waals surface area contributed by atoms with Gasteiger partial charge in [0.25, 0.3) is 0 Å². The van der Waals surface area contributed by atoms with Crippen molar-refractivity contribution in [2.45, 2.75) is 57.7 Å². The molecule has 128 valence electrons. The van der Waals surface area contributed by atoms with Gasteiger partial charge in [-0.1, -0.05) is 13.0 Å². The van der Waals surface area contributed by atoms with Crippen molar-refractivity contribution >= 4 is 5.91 Å². The first-order valence-electron chi connectivity index (χ1n) is 8.86. The van der Waals surface area contributed by atoms with Crippen LogP contribution in [0.3, 0.4) is 0 Å². The van der Waals surface area contributed by atoms with Crippen molar-refractivity contribution in [3.63, 3.8) is 0 Å². The number of carbonyl (C=O) groups excluding carboxylic acids is 1. The SMILES string of the molecule is CCC(=O)N1CCCC1C1CCCN1Cc1ccc(F)cc1C#N. The summed E-state index contributed by atoms with van der Waals surface area (Å²) in [6.07, 6.45) is 4.88. The van der Waals surface area contributed by atoms with Crippen molar-refractivity contribution in [2.75, 3.05) is 13.1 Å². The Hall–Kier alpha value is -1.93. The van der Waals surface area contributed by atoms with E-state index in [0.29, 0.717) is 24.6 Å². The Morgan fingerprint density at radius 2 is 2.04 bits per heavy atom. The lowest BCUT2D eigenvalue weighted by atomic mass is 10.0. The summed E-state index contributed by atoms with van der Waals surface area (Å²) in [5.41, 5.74) is 1.28. The zero-order valence-corrected chi connectivity index (χ0v) is 14.2. The van der Waals surface area contributed by atoms with E-state index in [-0.39, 0.29) is 17.8 Å². The van der Waals surface area contributed by atoms with Crippen LogP contribution in [0.5, 0.6) is 0 Å². The fourth-order valence-corrected chi connectivity index (χ4v) is 4.20. The van der Waals surface area contributed by atoms with E-state index < -0.39 is 0 Å². The first kappa shape index (κ1) is 16.9. The molecule has 0 radical (unpaired) electrons. The molecule has 3 rings (SSSR count). The summed E-state index contributed by atoms with van der Waals surface area (Å²) in [5, 5.41) is 9.25. The van der Waals surface area contributed by atoms with Crippen molar-refractivity contribution < 1.29 is 9.18 Å². The molecule has 0 saturated carbocycles. The van der Waals surface area contributed by atoms with Gasteiger partial charge in [0.05, 0.1) is 11.6 Å². The summed E-state index contributed by atoms with van der Waals surface area (Å²) in [7, 11) is 0. The highest BCUT2D eigenvalue weighted by molar-refractivity contribution is 5.76.